The number of rotatable bonds is 2. The minimum absolute atomic E-state index is 0.224. The Labute approximate surface area is 139 Å². The third-order valence-electron chi connectivity index (χ3n) is 2.10. The largest absolute Gasteiger partial charge is 0.288 e. The lowest BCUT2D eigenvalue weighted by atomic mass is 10.1. The van der Waals surface area contributed by atoms with Gasteiger partial charge in [-0.3, -0.25) is 4.79 Å². The standard InChI is InChI=1S/C11H3Br2Cl3OS/c12-5-3-8(18-11(5)13)10(17)9-6(15)1-4(14)2-7(9)16/h1-3H. The van der Waals surface area contributed by atoms with Gasteiger partial charge in [0, 0.05) is 9.50 Å². The number of carbonyl (C=O) groups is 1. The highest BCUT2D eigenvalue weighted by atomic mass is 79.9. The van der Waals surface area contributed by atoms with Gasteiger partial charge in [-0.2, -0.15) is 0 Å². The van der Waals surface area contributed by atoms with Crippen LogP contribution in [-0.2, 0) is 0 Å². The van der Waals surface area contributed by atoms with Crippen molar-refractivity contribution in [2.24, 2.45) is 0 Å². The van der Waals surface area contributed by atoms with Crippen LogP contribution in [0, 0.1) is 0 Å². The second-order valence-corrected chi connectivity index (χ2v) is 7.78. The minimum atomic E-state index is -0.224. The first-order valence-electron chi connectivity index (χ1n) is 4.54. The fourth-order valence-corrected chi connectivity index (χ4v) is 4.31. The zero-order valence-electron chi connectivity index (χ0n) is 8.44. The fraction of sp³-hybridized carbons (Fsp3) is 0. The zero-order valence-corrected chi connectivity index (χ0v) is 14.7. The van der Waals surface area contributed by atoms with E-state index in [4.69, 9.17) is 34.8 Å². The van der Waals surface area contributed by atoms with Gasteiger partial charge in [-0.1, -0.05) is 34.8 Å². The Morgan fingerprint density at radius 3 is 2.06 bits per heavy atom. The van der Waals surface area contributed by atoms with Gasteiger partial charge in [0.2, 0.25) is 5.78 Å². The molecule has 0 unspecified atom stereocenters. The normalized spacial score (nSPS) is 10.7. The molecule has 0 atom stereocenters. The Bertz CT molecular complexity index is 597. The van der Waals surface area contributed by atoms with Crippen molar-refractivity contribution in [1.29, 1.82) is 0 Å². The molecule has 0 aliphatic rings. The molecule has 1 nitrogen and oxygen atoms in total. The topological polar surface area (TPSA) is 17.1 Å². The van der Waals surface area contributed by atoms with Crippen molar-refractivity contribution in [3.63, 3.8) is 0 Å². The second kappa shape index (κ2) is 5.81. The molecule has 1 heterocycles. The number of ketones is 1. The summed E-state index contributed by atoms with van der Waals surface area (Å²) in [7, 11) is 0. The summed E-state index contributed by atoms with van der Waals surface area (Å²) >= 11 is 25.8. The van der Waals surface area contributed by atoms with E-state index in [9.17, 15) is 4.79 Å². The predicted molar refractivity (Wildman–Crippen MR) is 84.6 cm³/mol. The summed E-state index contributed by atoms with van der Waals surface area (Å²) in [5.74, 6) is -0.224. The van der Waals surface area contributed by atoms with Gasteiger partial charge in [0.05, 0.1) is 24.3 Å². The van der Waals surface area contributed by atoms with Crippen LogP contribution in [0.15, 0.2) is 26.5 Å². The summed E-state index contributed by atoms with van der Waals surface area (Å²) in [4.78, 5) is 12.9. The van der Waals surface area contributed by atoms with Crippen LogP contribution in [0.5, 0.6) is 0 Å². The Hall–Kier alpha value is 0.420. The quantitative estimate of drug-likeness (QED) is 0.481. The van der Waals surface area contributed by atoms with Gasteiger partial charge in [0.1, 0.15) is 0 Å². The van der Waals surface area contributed by atoms with Gasteiger partial charge in [0.25, 0.3) is 0 Å². The van der Waals surface area contributed by atoms with Crippen LogP contribution in [0.1, 0.15) is 15.2 Å². The lowest BCUT2D eigenvalue weighted by molar-refractivity contribution is 0.104. The highest BCUT2D eigenvalue weighted by molar-refractivity contribution is 9.13. The van der Waals surface area contributed by atoms with Crippen LogP contribution in [0.25, 0.3) is 0 Å². The molecular formula is C11H3Br2Cl3OS. The molecule has 0 aliphatic carbocycles. The van der Waals surface area contributed by atoms with E-state index in [2.05, 4.69) is 31.9 Å². The third kappa shape index (κ3) is 2.94. The molecule has 0 radical (unpaired) electrons. The molecule has 94 valence electrons. The molecule has 7 heteroatoms. The smallest absolute Gasteiger partial charge is 0.206 e. The van der Waals surface area contributed by atoms with E-state index in [-0.39, 0.29) is 21.4 Å². The Kier molecular flexibility index (Phi) is 4.79. The van der Waals surface area contributed by atoms with E-state index < -0.39 is 0 Å². The number of hydrogen-bond acceptors (Lipinski definition) is 2. The van der Waals surface area contributed by atoms with Crippen molar-refractivity contribution in [2.45, 2.75) is 0 Å². The number of benzene rings is 1. The maximum Gasteiger partial charge on any atom is 0.206 e. The highest BCUT2D eigenvalue weighted by Gasteiger charge is 2.20. The predicted octanol–water partition coefficient (Wildman–Crippen LogP) is 6.46. The Morgan fingerprint density at radius 1 is 1.06 bits per heavy atom. The van der Waals surface area contributed by atoms with E-state index in [1.807, 2.05) is 0 Å². The van der Waals surface area contributed by atoms with Crippen molar-refractivity contribution in [3.05, 3.63) is 52.0 Å². The summed E-state index contributed by atoms with van der Waals surface area (Å²) in [6, 6.07) is 4.72. The molecule has 0 amide bonds. The molecule has 0 saturated heterocycles. The first-order valence-corrected chi connectivity index (χ1v) is 8.08. The number of thiophene rings is 1. The van der Waals surface area contributed by atoms with E-state index in [0.29, 0.717) is 9.90 Å². The molecule has 0 saturated carbocycles. The number of carbonyl (C=O) groups excluding carboxylic acids is 1. The summed E-state index contributed by atoms with van der Waals surface area (Å²) < 4.78 is 1.66. The SMILES string of the molecule is O=C(c1cc(Br)c(Br)s1)c1c(Cl)cc(Cl)cc1Cl. The van der Waals surface area contributed by atoms with Crippen molar-refractivity contribution >= 4 is 83.8 Å². The van der Waals surface area contributed by atoms with Gasteiger partial charge in [0.15, 0.2) is 0 Å². The Morgan fingerprint density at radius 2 is 1.61 bits per heavy atom. The second-order valence-electron chi connectivity index (χ2n) is 3.31. The lowest BCUT2D eigenvalue weighted by Gasteiger charge is -2.05. The van der Waals surface area contributed by atoms with Gasteiger partial charge >= 0.3 is 0 Å². The first-order chi connectivity index (χ1) is 8.40. The van der Waals surface area contributed by atoms with Crippen molar-refractivity contribution in [1.82, 2.24) is 0 Å². The monoisotopic (exact) mass is 446 g/mol. The van der Waals surface area contributed by atoms with Crippen LogP contribution in [0.2, 0.25) is 15.1 Å². The number of hydrogen-bond donors (Lipinski definition) is 0. The molecule has 1 aromatic carbocycles. The van der Waals surface area contributed by atoms with Gasteiger partial charge < -0.3 is 0 Å². The van der Waals surface area contributed by atoms with E-state index in [1.165, 1.54) is 23.5 Å². The lowest BCUT2D eigenvalue weighted by Crippen LogP contribution is -2.00. The molecule has 0 N–H and O–H groups in total. The van der Waals surface area contributed by atoms with Gasteiger partial charge in [-0.25, -0.2) is 0 Å². The molecule has 18 heavy (non-hydrogen) atoms. The Balaban J connectivity index is 2.52. The van der Waals surface area contributed by atoms with Crippen LogP contribution >= 0.6 is 78.0 Å². The summed E-state index contributed by atoms with van der Waals surface area (Å²) in [5, 5.41) is 0.895. The van der Waals surface area contributed by atoms with Crippen molar-refractivity contribution < 1.29 is 4.79 Å². The molecule has 2 rings (SSSR count). The molecule has 1 aromatic heterocycles. The third-order valence-corrected chi connectivity index (χ3v) is 6.17. The fourth-order valence-electron chi connectivity index (χ4n) is 1.34. The summed E-state index contributed by atoms with van der Waals surface area (Å²) in [6.45, 7) is 0. The van der Waals surface area contributed by atoms with Crippen LogP contribution in [-0.4, -0.2) is 5.78 Å². The molecule has 0 spiro atoms. The zero-order chi connectivity index (χ0) is 13.4. The van der Waals surface area contributed by atoms with Crippen molar-refractivity contribution in [3.8, 4) is 0 Å². The van der Waals surface area contributed by atoms with Crippen LogP contribution in [0.3, 0.4) is 0 Å². The number of halogens is 5. The van der Waals surface area contributed by atoms with Crippen LogP contribution in [0.4, 0.5) is 0 Å². The molecular weight excluding hydrogens is 446 g/mol. The molecule has 0 aliphatic heterocycles. The van der Waals surface area contributed by atoms with E-state index in [0.717, 1.165) is 8.26 Å². The summed E-state index contributed by atoms with van der Waals surface area (Å²) in [6.07, 6.45) is 0. The highest BCUT2D eigenvalue weighted by Crippen LogP contribution is 2.36. The molecule has 0 fully saturated rings. The first kappa shape index (κ1) is 14.8. The van der Waals surface area contributed by atoms with Crippen molar-refractivity contribution in [2.75, 3.05) is 0 Å². The molecule has 2 aromatic rings. The van der Waals surface area contributed by atoms with Gasteiger partial charge in [-0.15, -0.1) is 11.3 Å². The van der Waals surface area contributed by atoms with E-state index in [1.54, 1.807) is 6.07 Å². The maximum absolute atomic E-state index is 12.3. The minimum Gasteiger partial charge on any atom is -0.288 e. The summed E-state index contributed by atoms with van der Waals surface area (Å²) in [5.41, 5.74) is 0.268. The van der Waals surface area contributed by atoms with Crippen LogP contribution < -0.4 is 0 Å². The van der Waals surface area contributed by atoms with Gasteiger partial charge in [-0.05, 0) is 50.1 Å². The van der Waals surface area contributed by atoms with E-state index >= 15 is 0 Å². The average Bonchev–Trinajstić information content (AvgIpc) is 2.57. The average molecular weight is 449 g/mol. The maximum atomic E-state index is 12.3. The molecule has 0 bridgehead atoms.